The van der Waals surface area contributed by atoms with Gasteiger partial charge in [0.2, 0.25) is 0 Å². The number of hydrogen-bond donors (Lipinski definition) is 2. The number of benzene rings is 1. The van der Waals surface area contributed by atoms with E-state index in [0.29, 0.717) is 29.2 Å². The summed E-state index contributed by atoms with van der Waals surface area (Å²) in [4.78, 5) is 23.0. The fraction of sp³-hybridized carbons (Fsp3) is 0.294. The lowest BCUT2D eigenvalue weighted by Gasteiger charge is -2.06. The molecule has 0 unspecified atom stereocenters. The maximum absolute atomic E-state index is 13.5. The molecule has 2 N–H and O–H groups in total. The summed E-state index contributed by atoms with van der Waals surface area (Å²) in [7, 11) is 0. The van der Waals surface area contributed by atoms with Crippen molar-refractivity contribution in [1.29, 1.82) is 0 Å². The molecule has 0 bridgehead atoms. The second-order valence-electron chi connectivity index (χ2n) is 5.19. The van der Waals surface area contributed by atoms with Gasteiger partial charge in [0.05, 0.1) is 11.8 Å². The van der Waals surface area contributed by atoms with E-state index >= 15 is 0 Å². The fourth-order valence-electron chi connectivity index (χ4n) is 2.19. The van der Waals surface area contributed by atoms with Gasteiger partial charge in [-0.05, 0) is 18.6 Å². The number of amides is 1. The highest BCUT2D eigenvalue weighted by Crippen LogP contribution is 2.18. The van der Waals surface area contributed by atoms with Crippen LogP contribution in [0.25, 0.3) is 0 Å². The largest absolute Gasteiger partial charge is 0.481 e. The van der Waals surface area contributed by atoms with Crippen molar-refractivity contribution >= 4 is 23.6 Å². The normalized spacial score (nSPS) is 10.6. The first-order valence-electron chi connectivity index (χ1n) is 7.37. The summed E-state index contributed by atoms with van der Waals surface area (Å²) < 4.78 is 18.6. The molecule has 0 aliphatic heterocycles. The van der Waals surface area contributed by atoms with Crippen LogP contribution >= 0.6 is 11.8 Å². The zero-order chi connectivity index (χ0) is 17.5. The first-order valence-corrected chi connectivity index (χ1v) is 8.52. The molecule has 2 rings (SSSR count). The van der Waals surface area contributed by atoms with Crippen LogP contribution in [0.5, 0.6) is 0 Å². The van der Waals surface area contributed by atoms with E-state index in [4.69, 9.17) is 9.52 Å². The molecule has 24 heavy (non-hydrogen) atoms. The average Bonchev–Trinajstić information content (AvgIpc) is 2.88. The molecule has 1 aromatic carbocycles. The van der Waals surface area contributed by atoms with Crippen LogP contribution in [0.2, 0.25) is 0 Å². The number of nitrogens with one attached hydrogen (secondary N) is 1. The maximum Gasteiger partial charge on any atom is 0.311 e. The minimum Gasteiger partial charge on any atom is -0.481 e. The van der Waals surface area contributed by atoms with Crippen molar-refractivity contribution in [3.8, 4) is 0 Å². The lowest BCUT2D eigenvalue weighted by atomic mass is 10.1. The Kier molecular flexibility index (Phi) is 6.43. The second kappa shape index (κ2) is 8.54. The van der Waals surface area contributed by atoms with Gasteiger partial charge in [0.1, 0.15) is 18.0 Å². The van der Waals surface area contributed by atoms with Gasteiger partial charge in [-0.15, -0.1) is 0 Å². The van der Waals surface area contributed by atoms with E-state index in [9.17, 15) is 14.0 Å². The monoisotopic (exact) mass is 351 g/mol. The molecule has 0 fully saturated rings. The fourth-order valence-corrected chi connectivity index (χ4v) is 3.04. The quantitative estimate of drug-likeness (QED) is 0.715. The minimum atomic E-state index is -1.06. The highest BCUT2D eigenvalue weighted by Gasteiger charge is 2.20. The van der Waals surface area contributed by atoms with Gasteiger partial charge in [0.25, 0.3) is 5.91 Å². The van der Waals surface area contributed by atoms with Gasteiger partial charge >= 0.3 is 5.97 Å². The van der Waals surface area contributed by atoms with Crippen molar-refractivity contribution in [3.63, 3.8) is 0 Å². The summed E-state index contributed by atoms with van der Waals surface area (Å²) in [5.74, 6) is -0.358. The first kappa shape index (κ1) is 18.1. The van der Waals surface area contributed by atoms with Crippen LogP contribution in [0.15, 0.2) is 34.9 Å². The number of carbonyl (C=O) groups excluding carboxylic acids is 1. The summed E-state index contributed by atoms with van der Waals surface area (Å²) in [6, 6.07) is 6.58. The molecular weight excluding hydrogens is 333 g/mol. The van der Waals surface area contributed by atoms with Crippen LogP contribution in [-0.4, -0.2) is 29.3 Å². The Morgan fingerprint density at radius 1 is 1.33 bits per heavy atom. The molecule has 1 aromatic heterocycles. The number of furan rings is 1. The number of thioether (sulfide) groups is 1. The van der Waals surface area contributed by atoms with Gasteiger partial charge in [-0.3, -0.25) is 9.59 Å². The highest BCUT2D eigenvalue weighted by molar-refractivity contribution is 7.98. The lowest BCUT2D eigenvalue weighted by molar-refractivity contribution is -0.136. The molecule has 5 nitrogen and oxygen atoms in total. The predicted molar refractivity (Wildman–Crippen MR) is 89.7 cm³/mol. The number of carboxylic acids is 1. The molecule has 0 aliphatic rings. The van der Waals surface area contributed by atoms with Crippen LogP contribution in [0.4, 0.5) is 4.39 Å². The Labute approximate surface area is 143 Å². The molecular formula is C17H18FNO4S. The van der Waals surface area contributed by atoms with Crippen molar-refractivity contribution in [2.75, 3.05) is 12.3 Å². The van der Waals surface area contributed by atoms with E-state index in [1.54, 1.807) is 25.1 Å². The molecule has 0 saturated heterocycles. The van der Waals surface area contributed by atoms with Crippen molar-refractivity contribution in [1.82, 2.24) is 5.32 Å². The van der Waals surface area contributed by atoms with E-state index in [1.165, 1.54) is 24.1 Å². The molecule has 1 heterocycles. The van der Waals surface area contributed by atoms with Crippen molar-refractivity contribution in [3.05, 3.63) is 58.8 Å². The highest BCUT2D eigenvalue weighted by atomic mass is 32.2. The smallest absolute Gasteiger partial charge is 0.311 e. The van der Waals surface area contributed by atoms with Gasteiger partial charge in [0.15, 0.2) is 0 Å². The van der Waals surface area contributed by atoms with Crippen LogP contribution < -0.4 is 5.32 Å². The molecule has 2 aromatic rings. The Bertz CT molecular complexity index is 729. The second-order valence-corrected chi connectivity index (χ2v) is 6.29. The minimum absolute atomic E-state index is 0.150. The van der Waals surface area contributed by atoms with Crippen LogP contribution in [0.3, 0.4) is 0 Å². The van der Waals surface area contributed by atoms with Gasteiger partial charge in [-0.25, -0.2) is 4.39 Å². The number of halogens is 1. The average molecular weight is 351 g/mol. The van der Waals surface area contributed by atoms with Gasteiger partial charge in [0, 0.05) is 23.6 Å². The third kappa shape index (κ3) is 4.86. The van der Waals surface area contributed by atoms with Crippen LogP contribution in [0, 0.1) is 12.7 Å². The zero-order valence-corrected chi connectivity index (χ0v) is 14.0. The number of carbonyl (C=O) groups is 2. The summed E-state index contributed by atoms with van der Waals surface area (Å²) in [6.07, 6.45) is 1.04. The summed E-state index contributed by atoms with van der Waals surface area (Å²) >= 11 is 1.51. The van der Waals surface area contributed by atoms with Crippen LogP contribution in [0.1, 0.15) is 27.2 Å². The van der Waals surface area contributed by atoms with Crippen molar-refractivity contribution in [2.24, 2.45) is 0 Å². The summed E-state index contributed by atoms with van der Waals surface area (Å²) in [5, 5.41) is 11.6. The molecule has 0 aliphatic carbocycles. The molecule has 7 heteroatoms. The number of aliphatic carboxylic acids is 1. The number of carboxylic acid groups (broad SMARTS) is 1. The molecule has 0 spiro atoms. The van der Waals surface area contributed by atoms with E-state index in [1.807, 2.05) is 0 Å². The molecule has 1 amide bonds. The SMILES string of the molecule is Cc1coc(CC(=O)O)c1C(=O)NCCSCc1ccccc1F. The molecule has 128 valence electrons. The standard InChI is InChI=1S/C17H18FNO4S/c1-11-9-23-14(8-15(20)21)16(11)17(22)19-6-7-24-10-12-4-2-3-5-13(12)18/h2-5,9H,6-8,10H2,1H3,(H,19,22)(H,20,21). The summed E-state index contributed by atoms with van der Waals surface area (Å²) in [6.45, 7) is 2.09. The molecule has 0 saturated carbocycles. The topological polar surface area (TPSA) is 79.5 Å². The Morgan fingerprint density at radius 3 is 2.79 bits per heavy atom. The Hall–Kier alpha value is -2.28. The van der Waals surface area contributed by atoms with E-state index in [2.05, 4.69) is 5.32 Å². The predicted octanol–water partition coefficient (Wildman–Crippen LogP) is 3.02. The number of aryl methyl sites for hydroxylation is 1. The van der Waals surface area contributed by atoms with E-state index in [0.717, 1.165) is 0 Å². The van der Waals surface area contributed by atoms with Gasteiger partial charge in [-0.1, -0.05) is 18.2 Å². The number of hydrogen-bond acceptors (Lipinski definition) is 4. The van der Waals surface area contributed by atoms with Crippen LogP contribution in [-0.2, 0) is 17.0 Å². The summed E-state index contributed by atoms with van der Waals surface area (Å²) in [5.41, 5.74) is 1.50. The van der Waals surface area contributed by atoms with Crippen molar-refractivity contribution < 1.29 is 23.5 Å². The molecule has 0 radical (unpaired) electrons. The number of rotatable bonds is 8. The first-order chi connectivity index (χ1) is 11.5. The zero-order valence-electron chi connectivity index (χ0n) is 13.2. The maximum atomic E-state index is 13.5. The van der Waals surface area contributed by atoms with Gasteiger partial charge in [-0.2, -0.15) is 11.8 Å². The Morgan fingerprint density at radius 2 is 2.08 bits per heavy atom. The van der Waals surface area contributed by atoms with Gasteiger partial charge < -0.3 is 14.8 Å². The Balaban J connectivity index is 1.80. The van der Waals surface area contributed by atoms with E-state index in [-0.39, 0.29) is 29.5 Å². The van der Waals surface area contributed by atoms with E-state index < -0.39 is 5.97 Å². The van der Waals surface area contributed by atoms with Crippen molar-refractivity contribution in [2.45, 2.75) is 19.1 Å². The molecule has 0 atom stereocenters. The third-order valence-corrected chi connectivity index (χ3v) is 4.35. The lowest BCUT2D eigenvalue weighted by Crippen LogP contribution is -2.27. The third-order valence-electron chi connectivity index (χ3n) is 3.34.